The van der Waals surface area contributed by atoms with Crippen molar-refractivity contribution in [2.45, 2.75) is 18.9 Å². The molecule has 0 saturated heterocycles. The van der Waals surface area contributed by atoms with E-state index in [-0.39, 0.29) is 39.2 Å². The van der Waals surface area contributed by atoms with Gasteiger partial charge in [0, 0.05) is 25.6 Å². The van der Waals surface area contributed by atoms with Gasteiger partial charge in [-0.1, -0.05) is 0 Å². The highest BCUT2D eigenvalue weighted by Gasteiger charge is 2.21. The van der Waals surface area contributed by atoms with Crippen LogP contribution in [0.3, 0.4) is 0 Å². The Hall–Kier alpha value is -3.22. The molecule has 144 valence electrons. The average molecular weight is 373 g/mol. The van der Waals surface area contributed by atoms with Gasteiger partial charge in [0.05, 0.1) is 18.6 Å². The zero-order valence-electron chi connectivity index (χ0n) is 13.7. The fraction of sp³-hybridized carbons (Fsp3) is 0.538. The first-order valence-electron chi connectivity index (χ1n) is 7.50. The van der Waals surface area contributed by atoms with E-state index in [4.69, 9.17) is 9.84 Å². The summed E-state index contributed by atoms with van der Waals surface area (Å²) in [4.78, 5) is 54.8. The van der Waals surface area contributed by atoms with Gasteiger partial charge < -0.3 is 30.3 Å². The number of imidazole rings is 1. The number of nitrogens with one attached hydrogen (secondary N) is 3. The molecule has 1 atom stereocenters. The predicted octanol–water partition coefficient (Wildman–Crippen LogP) is -1.75. The van der Waals surface area contributed by atoms with E-state index >= 15 is 0 Å². The minimum Gasteiger partial charge on any atom is -0.480 e. The summed E-state index contributed by atoms with van der Waals surface area (Å²) >= 11 is 0. The quantitative estimate of drug-likeness (QED) is 0.177. The van der Waals surface area contributed by atoms with Crippen molar-refractivity contribution >= 4 is 17.8 Å². The number of aromatic nitrogens is 2. The summed E-state index contributed by atoms with van der Waals surface area (Å²) in [6.07, 6.45) is 2.83. The third-order valence-electron chi connectivity index (χ3n) is 2.93. The van der Waals surface area contributed by atoms with E-state index in [1.807, 2.05) is 0 Å². The predicted molar refractivity (Wildman–Crippen MR) is 83.3 cm³/mol. The van der Waals surface area contributed by atoms with Crippen molar-refractivity contribution in [1.82, 2.24) is 20.6 Å². The largest absolute Gasteiger partial charge is 0.480 e. The standard InChI is InChI=1S/C13H19N5O8/c19-11(17-10(13(21)22)5-9-6-14-8-16-9)1-2-15-12(20)7-25-3-4-26-18(23)24/h6,8,10H,1-5,7H2,(H,14,16)(H,15,20)(H,17,19)(H,21,22). The minimum absolute atomic E-state index is 0.0197. The van der Waals surface area contributed by atoms with Crippen LogP contribution >= 0.6 is 0 Å². The topological polar surface area (TPSA) is 186 Å². The van der Waals surface area contributed by atoms with Crippen molar-refractivity contribution in [3.8, 4) is 0 Å². The summed E-state index contributed by atoms with van der Waals surface area (Å²) in [6, 6.07) is -1.13. The third kappa shape index (κ3) is 9.17. The maximum absolute atomic E-state index is 11.8. The maximum Gasteiger partial charge on any atom is 0.326 e. The molecule has 1 aromatic rings. The lowest BCUT2D eigenvalue weighted by molar-refractivity contribution is -0.758. The van der Waals surface area contributed by atoms with Gasteiger partial charge in [-0.15, -0.1) is 10.1 Å². The van der Waals surface area contributed by atoms with Gasteiger partial charge in [0.2, 0.25) is 11.8 Å². The number of amides is 2. The molecule has 26 heavy (non-hydrogen) atoms. The van der Waals surface area contributed by atoms with Gasteiger partial charge in [0.1, 0.15) is 19.3 Å². The number of hydrogen-bond donors (Lipinski definition) is 4. The zero-order chi connectivity index (χ0) is 19.4. The van der Waals surface area contributed by atoms with Gasteiger partial charge in [0.15, 0.2) is 0 Å². The highest BCUT2D eigenvalue weighted by molar-refractivity contribution is 5.84. The van der Waals surface area contributed by atoms with Crippen LogP contribution in [0.25, 0.3) is 0 Å². The SMILES string of the molecule is O=C(COCCO[N+](=O)[O-])NCCC(=O)NC(Cc1c[nH]cn1)C(=O)O. The molecule has 0 aliphatic heterocycles. The lowest BCUT2D eigenvalue weighted by Gasteiger charge is -2.13. The molecule has 1 aromatic heterocycles. The van der Waals surface area contributed by atoms with Crippen LogP contribution in [-0.4, -0.2) is 70.4 Å². The Labute approximate surface area is 147 Å². The maximum atomic E-state index is 11.8. The van der Waals surface area contributed by atoms with Crippen molar-refractivity contribution < 1.29 is 34.2 Å². The Kier molecular flexibility index (Phi) is 9.09. The van der Waals surface area contributed by atoms with E-state index < -0.39 is 28.9 Å². The summed E-state index contributed by atoms with van der Waals surface area (Å²) in [7, 11) is 0. The van der Waals surface area contributed by atoms with Gasteiger partial charge in [-0.2, -0.15) is 0 Å². The molecule has 13 heteroatoms. The van der Waals surface area contributed by atoms with E-state index in [0.29, 0.717) is 5.69 Å². The van der Waals surface area contributed by atoms with Crippen LogP contribution in [0.1, 0.15) is 12.1 Å². The number of carbonyl (C=O) groups excluding carboxylic acids is 2. The molecule has 13 nitrogen and oxygen atoms in total. The molecular formula is C13H19N5O8. The fourth-order valence-corrected chi connectivity index (χ4v) is 1.78. The fourth-order valence-electron chi connectivity index (χ4n) is 1.78. The number of H-pyrrole nitrogens is 1. The van der Waals surface area contributed by atoms with Crippen molar-refractivity contribution in [1.29, 1.82) is 0 Å². The molecule has 0 aliphatic rings. The molecule has 0 fully saturated rings. The molecule has 0 bridgehead atoms. The van der Waals surface area contributed by atoms with Gasteiger partial charge in [-0.05, 0) is 0 Å². The van der Waals surface area contributed by atoms with Crippen LogP contribution in [0.4, 0.5) is 0 Å². The van der Waals surface area contributed by atoms with Crippen LogP contribution in [0.5, 0.6) is 0 Å². The Balaban J connectivity index is 2.18. The molecule has 0 aromatic carbocycles. The lowest BCUT2D eigenvalue weighted by Crippen LogP contribution is -2.43. The normalized spacial score (nSPS) is 11.4. The molecule has 0 saturated carbocycles. The van der Waals surface area contributed by atoms with Crippen LogP contribution < -0.4 is 10.6 Å². The van der Waals surface area contributed by atoms with Gasteiger partial charge in [0.25, 0.3) is 5.09 Å². The monoisotopic (exact) mass is 373 g/mol. The summed E-state index contributed by atoms with van der Waals surface area (Å²) in [5.74, 6) is -2.27. The molecule has 2 amide bonds. The first-order chi connectivity index (χ1) is 12.4. The second-order valence-electron chi connectivity index (χ2n) is 4.93. The van der Waals surface area contributed by atoms with Crippen molar-refractivity contribution in [2.75, 3.05) is 26.4 Å². The average Bonchev–Trinajstić information content (AvgIpc) is 3.06. The lowest BCUT2D eigenvalue weighted by atomic mass is 10.1. The van der Waals surface area contributed by atoms with E-state index in [1.165, 1.54) is 12.5 Å². The Morgan fingerprint density at radius 2 is 2.12 bits per heavy atom. The zero-order valence-corrected chi connectivity index (χ0v) is 13.7. The third-order valence-corrected chi connectivity index (χ3v) is 2.93. The summed E-state index contributed by atoms with van der Waals surface area (Å²) < 4.78 is 4.83. The summed E-state index contributed by atoms with van der Waals surface area (Å²) in [5.41, 5.74) is 0.490. The number of hydrogen-bond acceptors (Lipinski definition) is 8. The van der Waals surface area contributed by atoms with E-state index in [2.05, 4.69) is 25.4 Å². The van der Waals surface area contributed by atoms with Crippen LogP contribution in [-0.2, 0) is 30.4 Å². The molecule has 0 aliphatic carbocycles. The number of rotatable bonds is 13. The first kappa shape index (κ1) is 20.8. The number of carbonyl (C=O) groups is 3. The summed E-state index contributed by atoms with van der Waals surface area (Å²) in [6.45, 7) is -0.800. The number of aliphatic carboxylic acids is 1. The number of ether oxygens (including phenoxy) is 1. The minimum atomic E-state index is -1.20. The van der Waals surface area contributed by atoms with Gasteiger partial charge >= 0.3 is 5.97 Å². The molecular weight excluding hydrogens is 354 g/mol. The number of carboxylic acids is 1. The van der Waals surface area contributed by atoms with Crippen molar-refractivity contribution in [3.63, 3.8) is 0 Å². The highest BCUT2D eigenvalue weighted by Crippen LogP contribution is 1.99. The molecule has 1 unspecified atom stereocenters. The van der Waals surface area contributed by atoms with E-state index in [0.717, 1.165) is 0 Å². The Bertz CT molecular complexity index is 606. The molecule has 1 rings (SSSR count). The number of nitrogens with zero attached hydrogens (tertiary/aromatic N) is 2. The molecule has 0 radical (unpaired) electrons. The number of carboxylic acid groups (broad SMARTS) is 1. The Morgan fingerprint density at radius 3 is 2.73 bits per heavy atom. The number of aromatic amines is 1. The van der Waals surface area contributed by atoms with E-state index in [9.17, 15) is 24.5 Å². The smallest absolute Gasteiger partial charge is 0.326 e. The van der Waals surface area contributed by atoms with Crippen LogP contribution in [0, 0.1) is 10.1 Å². The van der Waals surface area contributed by atoms with Gasteiger partial charge in [-0.25, -0.2) is 9.78 Å². The molecule has 4 N–H and O–H groups in total. The molecule has 0 spiro atoms. The van der Waals surface area contributed by atoms with Gasteiger partial charge in [-0.3, -0.25) is 9.59 Å². The van der Waals surface area contributed by atoms with Crippen molar-refractivity contribution in [3.05, 3.63) is 28.3 Å². The summed E-state index contributed by atoms with van der Waals surface area (Å²) in [5, 5.41) is 22.8. The van der Waals surface area contributed by atoms with Crippen LogP contribution in [0.15, 0.2) is 12.5 Å². The Morgan fingerprint density at radius 1 is 1.35 bits per heavy atom. The van der Waals surface area contributed by atoms with Crippen molar-refractivity contribution in [2.24, 2.45) is 0 Å². The van der Waals surface area contributed by atoms with E-state index in [1.54, 1.807) is 0 Å². The first-order valence-corrected chi connectivity index (χ1v) is 7.50. The van der Waals surface area contributed by atoms with Crippen LogP contribution in [0.2, 0.25) is 0 Å². The highest BCUT2D eigenvalue weighted by atomic mass is 17.0. The second-order valence-corrected chi connectivity index (χ2v) is 4.93. The molecule has 1 heterocycles. The second kappa shape index (κ2) is 11.4.